The van der Waals surface area contributed by atoms with Gasteiger partial charge in [-0.15, -0.1) is 0 Å². The van der Waals surface area contributed by atoms with Gasteiger partial charge in [-0.3, -0.25) is 0 Å². The van der Waals surface area contributed by atoms with Gasteiger partial charge in [-0.05, 0) is 46.8 Å². The fourth-order valence-corrected chi connectivity index (χ4v) is 1.23. The van der Waals surface area contributed by atoms with E-state index in [0.29, 0.717) is 6.04 Å². The van der Waals surface area contributed by atoms with Crippen LogP contribution < -0.4 is 5.32 Å². The Labute approximate surface area is 95.2 Å². The maximum atomic E-state index is 5.38. The van der Waals surface area contributed by atoms with E-state index in [9.17, 15) is 0 Å². The fourth-order valence-electron chi connectivity index (χ4n) is 1.23. The van der Waals surface area contributed by atoms with E-state index in [1.54, 1.807) is 0 Å². The second kappa shape index (κ2) is 10.4. The lowest BCUT2D eigenvalue weighted by molar-refractivity contribution is 0.136. The summed E-state index contributed by atoms with van der Waals surface area (Å²) in [6, 6.07) is 0.651. The molecule has 0 aliphatic rings. The summed E-state index contributed by atoms with van der Waals surface area (Å²) in [5.41, 5.74) is 0. The van der Waals surface area contributed by atoms with Gasteiger partial charge in [0.25, 0.3) is 0 Å². The summed E-state index contributed by atoms with van der Waals surface area (Å²) in [6.07, 6.45) is 2.32. The van der Waals surface area contributed by atoms with E-state index in [1.807, 2.05) is 0 Å². The molecule has 0 unspecified atom stereocenters. The molecule has 0 aromatic rings. The molecule has 0 aromatic carbocycles. The van der Waals surface area contributed by atoms with Crippen LogP contribution in [-0.2, 0) is 4.74 Å². The zero-order valence-corrected chi connectivity index (χ0v) is 10.9. The topological polar surface area (TPSA) is 24.5 Å². The fraction of sp³-hybridized carbons (Fsp3) is 1.00. The van der Waals surface area contributed by atoms with Crippen LogP contribution in [0.3, 0.4) is 0 Å². The van der Waals surface area contributed by atoms with Crippen LogP contribution in [0.5, 0.6) is 0 Å². The van der Waals surface area contributed by atoms with Gasteiger partial charge in [0.1, 0.15) is 0 Å². The van der Waals surface area contributed by atoms with Crippen LogP contribution in [0, 0.1) is 0 Å². The second-order valence-electron chi connectivity index (χ2n) is 4.29. The number of rotatable bonds is 10. The van der Waals surface area contributed by atoms with Gasteiger partial charge in [-0.1, -0.05) is 6.92 Å². The quantitative estimate of drug-likeness (QED) is 0.563. The van der Waals surface area contributed by atoms with Gasteiger partial charge < -0.3 is 15.0 Å². The summed E-state index contributed by atoms with van der Waals surface area (Å²) in [6.45, 7) is 11.6. The van der Waals surface area contributed by atoms with E-state index >= 15 is 0 Å². The zero-order valence-electron chi connectivity index (χ0n) is 10.9. The summed E-state index contributed by atoms with van der Waals surface area (Å²) < 4.78 is 5.38. The monoisotopic (exact) mass is 216 g/mol. The van der Waals surface area contributed by atoms with Crippen LogP contribution in [0.4, 0.5) is 0 Å². The summed E-state index contributed by atoms with van der Waals surface area (Å²) in [5.74, 6) is 0. The summed E-state index contributed by atoms with van der Waals surface area (Å²) in [4.78, 5) is 2.37. The Morgan fingerprint density at radius 2 is 1.93 bits per heavy atom. The van der Waals surface area contributed by atoms with E-state index in [-0.39, 0.29) is 0 Å². The minimum Gasteiger partial charge on any atom is -0.380 e. The number of hydrogen-bond acceptors (Lipinski definition) is 3. The van der Waals surface area contributed by atoms with Crippen molar-refractivity contribution in [2.24, 2.45) is 0 Å². The first kappa shape index (κ1) is 14.9. The van der Waals surface area contributed by atoms with Crippen LogP contribution in [0.15, 0.2) is 0 Å². The lowest BCUT2D eigenvalue weighted by Crippen LogP contribution is -2.30. The molecule has 0 saturated heterocycles. The third-order valence-electron chi connectivity index (χ3n) is 2.52. The molecule has 0 heterocycles. The lowest BCUT2D eigenvalue weighted by atomic mass is 10.3. The van der Waals surface area contributed by atoms with Crippen molar-refractivity contribution >= 4 is 0 Å². The number of nitrogens with one attached hydrogen (secondary N) is 1. The van der Waals surface area contributed by atoms with Gasteiger partial charge in [0.2, 0.25) is 0 Å². The minimum absolute atomic E-state index is 0.651. The van der Waals surface area contributed by atoms with Crippen LogP contribution >= 0.6 is 0 Å². The molecule has 0 fully saturated rings. The van der Waals surface area contributed by atoms with Crippen LogP contribution in [-0.4, -0.2) is 50.8 Å². The van der Waals surface area contributed by atoms with E-state index < -0.39 is 0 Å². The molecule has 92 valence electrons. The first-order valence-electron chi connectivity index (χ1n) is 6.17. The van der Waals surface area contributed by atoms with Crippen molar-refractivity contribution in [1.82, 2.24) is 10.2 Å². The van der Waals surface area contributed by atoms with Crippen LogP contribution in [0.25, 0.3) is 0 Å². The van der Waals surface area contributed by atoms with Crippen molar-refractivity contribution in [1.29, 1.82) is 0 Å². The predicted octanol–water partition coefficient (Wildman–Crippen LogP) is 1.73. The molecular formula is C12H28N2O. The molecule has 3 nitrogen and oxygen atoms in total. The van der Waals surface area contributed by atoms with Crippen molar-refractivity contribution in [3.63, 3.8) is 0 Å². The molecule has 0 bridgehead atoms. The van der Waals surface area contributed by atoms with Gasteiger partial charge in [0.05, 0.1) is 6.61 Å². The molecular weight excluding hydrogens is 188 g/mol. The van der Waals surface area contributed by atoms with Gasteiger partial charge in [0, 0.05) is 19.2 Å². The molecule has 0 spiro atoms. The molecule has 0 atom stereocenters. The third kappa shape index (κ3) is 10.2. The normalized spacial score (nSPS) is 11.6. The van der Waals surface area contributed by atoms with Gasteiger partial charge in [-0.2, -0.15) is 0 Å². The Bertz CT molecular complexity index is 129. The second-order valence-corrected chi connectivity index (χ2v) is 4.29. The highest BCUT2D eigenvalue weighted by Gasteiger charge is 2.01. The largest absolute Gasteiger partial charge is 0.380 e. The molecule has 0 rings (SSSR count). The third-order valence-corrected chi connectivity index (χ3v) is 2.52. The average Bonchev–Trinajstić information content (AvgIpc) is 2.21. The maximum absolute atomic E-state index is 5.38. The van der Waals surface area contributed by atoms with E-state index in [2.05, 4.69) is 38.0 Å². The van der Waals surface area contributed by atoms with Crippen LogP contribution in [0.2, 0.25) is 0 Å². The van der Waals surface area contributed by atoms with E-state index in [4.69, 9.17) is 4.74 Å². The maximum Gasteiger partial charge on any atom is 0.0590 e. The van der Waals surface area contributed by atoms with E-state index in [1.165, 1.54) is 13.0 Å². The summed E-state index contributed by atoms with van der Waals surface area (Å²) in [7, 11) is 2.18. The van der Waals surface area contributed by atoms with E-state index in [0.717, 1.165) is 32.7 Å². The highest BCUT2D eigenvalue weighted by atomic mass is 16.5. The highest BCUT2D eigenvalue weighted by molar-refractivity contribution is 4.57. The molecule has 0 aliphatic heterocycles. The minimum atomic E-state index is 0.651. The van der Waals surface area contributed by atoms with Gasteiger partial charge in [-0.25, -0.2) is 0 Å². The Balaban J connectivity index is 3.05. The number of ether oxygens (including phenoxy) is 1. The van der Waals surface area contributed by atoms with Gasteiger partial charge in [0.15, 0.2) is 0 Å². The first-order valence-corrected chi connectivity index (χ1v) is 6.17. The Morgan fingerprint density at radius 3 is 2.53 bits per heavy atom. The van der Waals surface area contributed by atoms with Crippen molar-refractivity contribution < 1.29 is 4.74 Å². The Morgan fingerprint density at radius 1 is 1.20 bits per heavy atom. The van der Waals surface area contributed by atoms with Crippen LogP contribution in [0.1, 0.15) is 33.6 Å². The number of nitrogens with zero attached hydrogens (tertiary/aromatic N) is 1. The average molecular weight is 216 g/mol. The molecule has 0 aromatic heterocycles. The van der Waals surface area contributed by atoms with Crippen molar-refractivity contribution in [2.75, 3.05) is 39.9 Å². The lowest BCUT2D eigenvalue weighted by Gasteiger charge is -2.20. The van der Waals surface area contributed by atoms with Crippen molar-refractivity contribution in [2.45, 2.75) is 39.7 Å². The Hall–Kier alpha value is -0.120. The number of hydrogen-bond donors (Lipinski definition) is 1. The highest BCUT2D eigenvalue weighted by Crippen LogP contribution is 1.93. The molecule has 0 saturated carbocycles. The molecule has 0 radical (unpaired) electrons. The molecule has 15 heavy (non-hydrogen) atoms. The van der Waals surface area contributed by atoms with Gasteiger partial charge >= 0.3 is 0 Å². The zero-order chi connectivity index (χ0) is 11.5. The first-order chi connectivity index (χ1) is 7.18. The van der Waals surface area contributed by atoms with Crippen molar-refractivity contribution in [3.05, 3.63) is 0 Å². The predicted molar refractivity (Wildman–Crippen MR) is 66.4 cm³/mol. The molecule has 3 heteroatoms. The standard InChI is InChI=1S/C12H28N2O/c1-5-10-15-11-8-13-7-6-9-14(4)12(2)3/h12-13H,5-11H2,1-4H3. The Kier molecular flexibility index (Phi) is 10.3. The smallest absolute Gasteiger partial charge is 0.0590 e. The summed E-state index contributed by atoms with van der Waals surface area (Å²) in [5, 5.41) is 3.39. The molecule has 0 amide bonds. The molecule has 1 N–H and O–H groups in total. The molecule has 0 aliphatic carbocycles. The van der Waals surface area contributed by atoms with Crippen molar-refractivity contribution in [3.8, 4) is 0 Å². The SMILES string of the molecule is CCCOCCNCCCN(C)C(C)C. The summed E-state index contributed by atoms with van der Waals surface area (Å²) >= 11 is 0.